The standard InChI is InChI=1S/C26H34F2O/c1-3-4-5-6-7-18-29-24-17-16-23(25(27)26(24)28)22-14-12-21(13-15-22)20-10-8-19(2)9-11-20/h12-17,19-20H,3-11,18H2,1-2H3. The SMILES string of the molecule is CCCCCCCOc1ccc(-c2ccc(C3CCC(C)CC3)cc2)c(F)c1F. The Labute approximate surface area is 174 Å². The fraction of sp³-hybridized carbons (Fsp3) is 0.538. The Morgan fingerprint density at radius 1 is 0.828 bits per heavy atom. The molecule has 1 aliphatic carbocycles. The largest absolute Gasteiger partial charge is 0.490 e. The van der Waals surface area contributed by atoms with Crippen LogP contribution in [-0.2, 0) is 0 Å². The topological polar surface area (TPSA) is 9.23 Å². The summed E-state index contributed by atoms with van der Waals surface area (Å²) >= 11 is 0. The van der Waals surface area contributed by atoms with E-state index in [1.807, 2.05) is 12.1 Å². The monoisotopic (exact) mass is 400 g/mol. The van der Waals surface area contributed by atoms with Crippen molar-refractivity contribution in [1.82, 2.24) is 0 Å². The summed E-state index contributed by atoms with van der Waals surface area (Å²) in [4.78, 5) is 0. The average Bonchev–Trinajstić information content (AvgIpc) is 2.74. The van der Waals surface area contributed by atoms with Crippen molar-refractivity contribution in [3.05, 3.63) is 53.6 Å². The highest BCUT2D eigenvalue weighted by Gasteiger charge is 2.20. The van der Waals surface area contributed by atoms with Crippen LogP contribution < -0.4 is 4.74 Å². The van der Waals surface area contributed by atoms with Crippen molar-refractivity contribution in [1.29, 1.82) is 0 Å². The lowest BCUT2D eigenvalue weighted by atomic mass is 9.79. The van der Waals surface area contributed by atoms with E-state index in [1.54, 1.807) is 12.1 Å². The van der Waals surface area contributed by atoms with Gasteiger partial charge in [-0.3, -0.25) is 0 Å². The maximum Gasteiger partial charge on any atom is 0.201 e. The Balaban J connectivity index is 1.62. The van der Waals surface area contributed by atoms with Gasteiger partial charge in [-0.1, -0.05) is 76.6 Å². The quantitative estimate of drug-likeness (QED) is 0.385. The van der Waals surface area contributed by atoms with E-state index in [1.165, 1.54) is 44.1 Å². The van der Waals surface area contributed by atoms with Gasteiger partial charge in [-0.25, -0.2) is 4.39 Å². The van der Waals surface area contributed by atoms with E-state index in [4.69, 9.17) is 4.74 Å². The molecular formula is C26H34F2O. The molecule has 3 rings (SSSR count). The van der Waals surface area contributed by atoms with Gasteiger partial charge in [0, 0.05) is 5.56 Å². The van der Waals surface area contributed by atoms with E-state index in [9.17, 15) is 8.78 Å². The van der Waals surface area contributed by atoms with Gasteiger partial charge in [0.25, 0.3) is 0 Å². The molecule has 0 bridgehead atoms. The molecule has 0 atom stereocenters. The van der Waals surface area contributed by atoms with Crippen LogP contribution in [0.4, 0.5) is 8.78 Å². The van der Waals surface area contributed by atoms with Gasteiger partial charge in [0.15, 0.2) is 11.6 Å². The number of halogens is 2. The van der Waals surface area contributed by atoms with Crippen LogP contribution in [0.3, 0.4) is 0 Å². The lowest BCUT2D eigenvalue weighted by Crippen LogP contribution is -2.10. The van der Waals surface area contributed by atoms with Crippen molar-refractivity contribution >= 4 is 0 Å². The summed E-state index contributed by atoms with van der Waals surface area (Å²) in [6.07, 6.45) is 10.4. The molecule has 0 unspecified atom stereocenters. The average molecular weight is 401 g/mol. The third-order valence-electron chi connectivity index (χ3n) is 6.26. The van der Waals surface area contributed by atoms with Crippen LogP contribution in [0.25, 0.3) is 11.1 Å². The third-order valence-corrected chi connectivity index (χ3v) is 6.26. The number of hydrogen-bond acceptors (Lipinski definition) is 1. The predicted molar refractivity (Wildman–Crippen MR) is 116 cm³/mol. The Bertz CT molecular complexity index is 761. The number of ether oxygens (including phenoxy) is 1. The summed E-state index contributed by atoms with van der Waals surface area (Å²) in [5, 5.41) is 0. The van der Waals surface area contributed by atoms with Gasteiger partial charge in [0.05, 0.1) is 6.61 Å². The van der Waals surface area contributed by atoms with Gasteiger partial charge in [-0.05, 0) is 54.4 Å². The molecule has 0 spiro atoms. The summed E-state index contributed by atoms with van der Waals surface area (Å²) in [7, 11) is 0. The Morgan fingerprint density at radius 2 is 1.52 bits per heavy atom. The van der Waals surface area contributed by atoms with Crippen LogP contribution in [0.2, 0.25) is 0 Å². The van der Waals surface area contributed by atoms with E-state index >= 15 is 0 Å². The minimum absolute atomic E-state index is 0.00897. The first-order chi connectivity index (χ1) is 14.1. The van der Waals surface area contributed by atoms with Crippen molar-refractivity contribution in [2.24, 2.45) is 5.92 Å². The summed E-state index contributed by atoms with van der Waals surface area (Å²) in [5.41, 5.74) is 2.31. The van der Waals surface area contributed by atoms with Gasteiger partial charge >= 0.3 is 0 Å². The normalized spacial score (nSPS) is 19.3. The van der Waals surface area contributed by atoms with Crippen LogP contribution in [0, 0.1) is 17.6 Å². The molecule has 158 valence electrons. The van der Waals surface area contributed by atoms with E-state index in [0.29, 0.717) is 23.7 Å². The first-order valence-electron chi connectivity index (χ1n) is 11.3. The second-order valence-electron chi connectivity index (χ2n) is 8.58. The summed E-state index contributed by atoms with van der Waals surface area (Å²) in [6, 6.07) is 11.2. The van der Waals surface area contributed by atoms with Crippen LogP contribution >= 0.6 is 0 Å². The molecule has 0 saturated heterocycles. The van der Waals surface area contributed by atoms with Crippen LogP contribution in [0.1, 0.15) is 83.1 Å². The molecule has 0 heterocycles. The van der Waals surface area contributed by atoms with Crippen molar-refractivity contribution in [2.75, 3.05) is 6.61 Å². The zero-order chi connectivity index (χ0) is 20.6. The predicted octanol–water partition coefficient (Wildman–Crippen LogP) is 8.27. The molecule has 1 saturated carbocycles. The molecule has 3 heteroatoms. The Morgan fingerprint density at radius 3 is 2.21 bits per heavy atom. The van der Waals surface area contributed by atoms with Crippen LogP contribution in [0.5, 0.6) is 5.75 Å². The fourth-order valence-corrected chi connectivity index (χ4v) is 4.28. The number of hydrogen-bond donors (Lipinski definition) is 0. The zero-order valence-electron chi connectivity index (χ0n) is 17.9. The highest BCUT2D eigenvalue weighted by Crippen LogP contribution is 2.37. The van der Waals surface area contributed by atoms with Crippen molar-refractivity contribution in [3.63, 3.8) is 0 Å². The van der Waals surface area contributed by atoms with Crippen molar-refractivity contribution in [2.45, 2.75) is 77.6 Å². The van der Waals surface area contributed by atoms with E-state index in [-0.39, 0.29) is 5.75 Å². The number of benzene rings is 2. The summed E-state index contributed by atoms with van der Waals surface area (Å²) < 4.78 is 34.6. The molecule has 1 nitrogen and oxygen atoms in total. The lowest BCUT2D eigenvalue weighted by Gasteiger charge is -2.26. The number of unbranched alkanes of at least 4 members (excludes halogenated alkanes) is 4. The molecule has 0 aliphatic heterocycles. The summed E-state index contributed by atoms with van der Waals surface area (Å²) in [5.74, 6) is -0.293. The maximum absolute atomic E-state index is 14.7. The van der Waals surface area contributed by atoms with Gasteiger partial charge in [0.2, 0.25) is 5.82 Å². The van der Waals surface area contributed by atoms with Gasteiger partial charge in [-0.2, -0.15) is 4.39 Å². The zero-order valence-corrected chi connectivity index (χ0v) is 17.9. The molecular weight excluding hydrogens is 366 g/mol. The molecule has 2 aromatic rings. The lowest BCUT2D eigenvalue weighted by molar-refractivity contribution is 0.285. The first-order valence-corrected chi connectivity index (χ1v) is 11.3. The molecule has 1 fully saturated rings. The Hall–Kier alpha value is -1.90. The highest BCUT2D eigenvalue weighted by atomic mass is 19.2. The van der Waals surface area contributed by atoms with Crippen LogP contribution in [0.15, 0.2) is 36.4 Å². The third kappa shape index (κ3) is 5.81. The van der Waals surface area contributed by atoms with Crippen molar-refractivity contribution in [3.8, 4) is 16.9 Å². The van der Waals surface area contributed by atoms with Gasteiger partial charge in [-0.15, -0.1) is 0 Å². The van der Waals surface area contributed by atoms with Crippen LogP contribution in [-0.4, -0.2) is 6.61 Å². The van der Waals surface area contributed by atoms with E-state index in [2.05, 4.69) is 26.0 Å². The molecule has 0 radical (unpaired) electrons. The molecule has 0 N–H and O–H groups in total. The second kappa shape index (κ2) is 10.8. The fourth-order valence-electron chi connectivity index (χ4n) is 4.28. The first kappa shape index (κ1) is 21.8. The molecule has 0 amide bonds. The molecule has 29 heavy (non-hydrogen) atoms. The van der Waals surface area contributed by atoms with Gasteiger partial charge < -0.3 is 4.74 Å². The summed E-state index contributed by atoms with van der Waals surface area (Å²) in [6.45, 7) is 4.91. The molecule has 2 aromatic carbocycles. The molecule has 0 aromatic heterocycles. The maximum atomic E-state index is 14.7. The van der Waals surface area contributed by atoms with E-state index in [0.717, 1.165) is 25.2 Å². The molecule has 1 aliphatic rings. The highest BCUT2D eigenvalue weighted by molar-refractivity contribution is 5.65. The smallest absolute Gasteiger partial charge is 0.201 e. The number of rotatable bonds is 9. The van der Waals surface area contributed by atoms with Crippen molar-refractivity contribution < 1.29 is 13.5 Å². The minimum Gasteiger partial charge on any atom is -0.490 e. The van der Waals surface area contributed by atoms with Gasteiger partial charge in [0.1, 0.15) is 0 Å². The minimum atomic E-state index is -0.888. The van der Waals surface area contributed by atoms with E-state index < -0.39 is 11.6 Å². The second-order valence-corrected chi connectivity index (χ2v) is 8.58. The Kier molecular flexibility index (Phi) is 8.09.